The maximum atomic E-state index is 12.5. The number of halogens is 1. The van der Waals surface area contributed by atoms with Gasteiger partial charge in [0.1, 0.15) is 0 Å². The van der Waals surface area contributed by atoms with Gasteiger partial charge in [0, 0.05) is 6.08 Å². The summed E-state index contributed by atoms with van der Waals surface area (Å²) in [6, 6.07) is 0. The van der Waals surface area contributed by atoms with Gasteiger partial charge in [0.2, 0.25) is 0 Å². The van der Waals surface area contributed by atoms with Crippen LogP contribution >= 0.6 is 0 Å². The van der Waals surface area contributed by atoms with Crippen LogP contribution in [-0.2, 0) is 0 Å². The van der Waals surface area contributed by atoms with Gasteiger partial charge >= 0.3 is 5.95 Å². The summed E-state index contributed by atoms with van der Waals surface area (Å²) in [5.74, 6) is -0.977. The first-order chi connectivity index (χ1) is 6.93. The minimum atomic E-state index is -1.25. The van der Waals surface area contributed by atoms with E-state index >= 15 is 0 Å². The summed E-state index contributed by atoms with van der Waals surface area (Å²) in [6.45, 7) is 6.01. The standard InChI is InChI=1S/C11H18FNO2/c1-9(2)5-4-6-10(3)7-8-11(12)13(14)15/h5,8,10H,4,6-7H2,1-3H3/b11-8+. The molecule has 0 aliphatic carbocycles. The van der Waals surface area contributed by atoms with Gasteiger partial charge in [-0.05, 0) is 39.0 Å². The molecule has 0 aliphatic heterocycles. The SMILES string of the molecule is CC(C)=CCCC(C)C/C=C(\F)[N+](=O)[O-]. The van der Waals surface area contributed by atoms with Gasteiger partial charge in [0.15, 0.2) is 0 Å². The zero-order valence-electron chi connectivity index (χ0n) is 9.50. The molecule has 0 N–H and O–H groups in total. The van der Waals surface area contributed by atoms with Crippen molar-refractivity contribution in [3.63, 3.8) is 0 Å². The van der Waals surface area contributed by atoms with Gasteiger partial charge < -0.3 is 0 Å². The molecule has 4 heteroatoms. The summed E-state index contributed by atoms with van der Waals surface area (Å²) in [6.07, 6.45) is 5.45. The highest BCUT2D eigenvalue weighted by Gasteiger charge is 2.08. The Morgan fingerprint density at radius 1 is 1.47 bits per heavy atom. The van der Waals surface area contributed by atoms with Gasteiger partial charge in [-0.15, -0.1) is 4.39 Å². The molecule has 0 saturated heterocycles. The Morgan fingerprint density at radius 3 is 2.53 bits per heavy atom. The lowest BCUT2D eigenvalue weighted by molar-refractivity contribution is -0.447. The summed E-state index contributed by atoms with van der Waals surface area (Å²) in [7, 11) is 0. The fourth-order valence-corrected chi connectivity index (χ4v) is 1.15. The Bertz CT molecular complexity index is 268. The predicted molar refractivity (Wildman–Crippen MR) is 58.6 cm³/mol. The first-order valence-electron chi connectivity index (χ1n) is 5.07. The van der Waals surface area contributed by atoms with E-state index in [1.165, 1.54) is 5.57 Å². The number of rotatable bonds is 6. The Kier molecular flexibility index (Phi) is 6.58. The molecular weight excluding hydrogens is 197 g/mol. The molecule has 1 unspecified atom stereocenters. The van der Waals surface area contributed by atoms with Crippen molar-refractivity contribution in [2.75, 3.05) is 0 Å². The molecule has 0 aliphatic rings. The third-order valence-corrected chi connectivity index (χ3v) is 2.08. The quantitative estimate of drug-likeness (QED) is 0.292. The molecule has 0 heterocycles. The average Bonchev–Trinajstić information content (AvgIpc) is 2.13. The first kappa shape index (κ1) is 13.8. The fraction of sp³-hybridized carbons (Fsp3) is 0.636. The van der Waals surface area contributed by atoms with E-state index in [0.717, 1.165) is 18.9 Å². The third kappa shape index (κ3) is 7.85. The fourth-order valence-electron chi connectivity index (χ4n) is 1.15. The lowest BCUT2D eigenvalue weighted by Gasteiger charge is -2.05. The summed E-state index contributed by atoms with van der Waals surface area (Å²) in [4.78, 5) is 8.97. The molecule has 0 radical (unpaired) electrons. The topological polar surface area (TPSA) is 43.1 Å². The Hall–Kier alpha value is -1.19. The molecule has 0 amide bonds. The van der Waals surface area contributed by atoms with E-state index in [0.29, 0.717) is 6.42 Å². The summed E-state index contributed by atoms with van der Waals surface area (Å²) in [5, 5.41) is 9.97. The molecular formula is C11H18FNO2. The maximum Gasteiger partial charge on any atom is 0.415 e. The average molecular weight is 215 g/mol. The van der Waals surface area contributed by atoms with E-state index in [9.17, 15) is 14.5 Å². The number of nitrogens with zero attached hydrogens (tertiary/aromatic N) is 1. The molecule has 0 aromatic heterocycles. The normalized spacial score (nSPS) is 13.5. The first-order valence-corrected chi connectivity index (χ1v) is 5.07. The van der Waals surface area contributed by atoms with Gasteiger partial charge in [-0.3, -0.25) is 10.1 Å². The zero-order valence-corrected chi connectivity index (χ0v) is 9.50. The number of nitro groups is 1. The van der Waals surface area contributed by atoms with Crippen LogP contribution in [0.5, 0.6) is 0 Å². The molecule has 0 spiro atoms. The van der Waals surface area contributed by atoms with Crippen LogP contribution in [0.4, 0.5) is 4.39 Å². The van der Waals surface area contributed by atoms with Crippen LogP contribution in [0.1, 0.15) is 40.0 Å². The van der Waals surface area contributed by atoms with Crippen LogP contribution in [0.25, 0.3) is 0 Å². The van der Waals surface area contributed by atoms with Crippen LogP contribution < -0.4 is 0 Å². The molecule has 86 valence electrons. The van der Waals surface area contributed by atoms with Crippen LogP contribution in [0.2, 0.25) is 0 Å². The highest BCUT2D eigenvalue weighted by atomic mass is 19.1. The van der Waals surface area contributed by atoms with Crippen LogP contribution in [0, 0.1) is 16.0 Å². The minimum Gasteiger partial charge on any atom is -0.256 e. The van der Waals surface area contributed by atoms with E-state index in [1.54, 1.807) is 0 Å². The van der Waals surface area contributed by atoms with E-state index in [1.807, 2.05) is 20.8 Å². The van der Waals surface area contributed by atoms with Crippen molar-refractivity contribution in [1.82, 2.24) is 0 Å². The van der Waals surface area contributed by atoms with Gasteiger partial charge in [-0.25, -0.2) is 0 Å². The van der Waals surface area contributed by atoms with E-state index in [-0.39, 0.29) is 5.92 Å². The van der Waals surface area contributed by atoms with Crippen LogP contribution in [0.3, 0.4) is 0 Å². The smallest absolute Gasteiger partial charge is 0.256 e. The Labute approximate surface area is 89.8 Å². The second-order valence-electron chi connectivity index (χ2n) is 3.98. The van der Waals surface area contributed by atoms with Crippen LogP contribution in [-0.4, -0.2) is 4.92 Å². The van der Waals surface area contributed by atoms with E-state index < -0.39 is 10.9 Å². The van der Waals surface area contributed by atoms with Crippen molar-refractivity contribution in [3.05, 3.63) is 33.8 Å². The molecule has 15 heavy (non-hydrogen) atoms. The number of allylic oxidation sites excluding steroid dienone is 3. The molecule has 0 aromatic carbocycles. The molecule has 0 saturated carbocycles. The van der Waals surface area contributed by atoms with Crippen molar-refractivity contribution < 1.29 is 9.31 Å². The van der Waals surface area contributed by atoms with Gasteiger partial charge in [0.05, 0.1) is 4.92 Å². The van der Waals surface area contributed by atoms with Crippen molar-refractivity contribution in [2.24, 2.45) is 5.92 Å². The number of hydrogen-bond donors (Lipinski definition) is 0. The Morgan fingerprint density at radius 2 is 2.07 bits per heavy atom. The lowest BCUT2D eigenvalue weighted by atomic mass is 10.0. The third-order valence-electron chi connectivity index (χ3n) is 2.08. The van der Waals surface area contributed by atoms with Gasteiger partial charge in [-0.1, -0.05) is 18.6 Å². The second-order valence-corrected chi connectivity index (χ2v) is 3.98. The van der Waals surface area contributed by atoms with E-state index in [2.05, 4.69) is 6.08 Å². The highest BCUT2D eigenvalue weighted by molar-refractivity contribution is 4.93. The maximum absolute atomic E-state index is 12.5. The number of hydrogen-bond acceptors (Lipinski definition) is 2. The summed E-state index contributed by atoms with van der Waals surface area (Å²) >= 11 is 0. The van der Waals surface area contributed by atoms with Gasteiger partial charge in [0.25, 0.3) is 0 Å². The van der Waals surface area contributed by atoms with Crippen molar-refractivity contribution >= 4 is 0 Å². The van der Waals surface area contributed by atoms with Crippen molar-refractivity contribution in [2.45, 2.75) is 40.0 Å². The van der Waals surface area contributed by atoms with Crippen LogP contribution in [0.15, 0.2) is 23.7 Å². The highest BCUT2D eigenvalue weighted by Crippen LogP contribution is 2.14. The largest absolute Gasteiger partial charge is 0.415 e. The predicted octanol–water partition coefficient (Wildman–Crippen LogP) is 3.85. The summed E-state index contributed by atoms with van der Waals surface area (Å²) < 4.78 is 12.5. The summed E-state index contributed by atoms with van der Waals surface area (Å²) in [5.41, 5.74) is 1.26. The molecule has 3 nitrogen and oxygen atoms in total. The Balaban J connectivity index is 3.85. The molecule has 0 rings (SSSR count). The molecule has 0 bridgehead atoms. The monoisotopic (exact) mass is 215 g/mol. The van der Waals surface area contributed by atoms with Crippen molar-refractivity contribution in [1.29, 1.82) is 0 Å². The minimum absolute atomic E-state index is 0.270. The molecule has 1 atom stereocenters. The zero-order chi connectivity index (χ0) is 11.8. The molecule has 0 fully saturated rings. The molecule has 0 aromatic rings. The lowest BCUT2D eigenvalue weighted by Crippen LogP contribution is -1.96. The van der Waals surface area contributed by atoms with E-state index in [4.69, 9.17) is 0 Å². The van der Waals surface area contributed by atoms with Gasteiger partial charge in [-0.2, -0.15) is 0 Å². The second kappa shape index (κ2) is 7.15. The van der Waals surface area contributed by atoms with Crippen molar-refractivity contribution in [3.8, 4) is 0 Å².